The Morgan fingerprint density at radius 3 is 2.55 bits per heavy atom. The summed E-state index contributed by atoms with van der Waals surface area (Å²) in [7, 11) is 0. The summed E-state index contributed by atoms with van der Waals surface area (Å²) < 4.78 is 11.1. The first-order valence-electron chi connectivity index (χ1n) is 7.08. The van der Waals surface area contributed by atoms with Crippen LogP contribution in [0.15, 0.2) is 30.3 Å². The van der Waals surface area contributed by atoms with Gasteiger partial charge in [0.15, 0.2) is 6.29 Å². The van der Waals surface area contributed by atoms with Crippen LogP contribution in [0.1, 0.15) is 12.5 Å². The van der Waals surface area contributed by atoms with Crippen molar-refractivity contribution in [2.75, 3.05) is 6.61 Å². The van der Waals surface area contributed by atoms with E-state index in [0.29, 0.717) is 0 Å². The third-order valence-electron chi connectivity index (χ3n) is 3.51. The van der Waals surface area contributed by atoms with Crippen LogP contribution in [-0.4, -0.2) is 58.5 Å². The molecule has 7 nitrogen and oxygen atoms in total. The number of ether oxygens (including phenoxy) is 2. The molecule has 5 atom stereocenters. The van der Waals surface area contributed by atoms with Gasteiger partial charge in [-0.15, -0.1) is 0 Å². The Morgan fingerprint density at radius 1 is 1.27 bits per heavy atom. The smallest absolute Gasteiger partial charge is 0.217 e. The standard InChI is InChI=1S/C15H21NO6/c1-9(18)16-12-14(20)13(19)11(7-17)22-15(12)21-8-10-5-3-2-4-6-10/h2-6,11-15,17,19-20H,7-8H2,1H3,(H,16,18)/t11-,12+,13+,14-,15-/m0/s1. The minimum Gasteiger partial charge on any atom is -0.394 e. The van der Waals surface area contributed by atoms with Crippen molar-refractivity contribution in [2.45, 2.75) is 44.2 Å². The van der Waals surface area contributed by atoms with Crippen molar-refractivity contribution >= 4 is 5.91 Å². The van der Waals surface area contributed by atoms with E-state index in [9.17, 15) is 20.1 Å². The lowest BCUT2D eigenvalue weighted by Crippen LogP contribution is -2.64. The number of carbonyl (C=O) groups excluding carboxylic acids is 1. The van der Waals surface area contributed by atoms with E-state index in [1.165, 1.54) is 6.92 Å². The van der Waals surface area contributed by atoms with Crippen molar-refractivity contribution in [3.05, 3.63) is 35.9 Å². The molecule has 0 bridgehead atoms. The molecule has 0 aliphatic carbocycles. The Bertz CT molecular complexity index is 482. The van der Waals surface area contributed by atoms with Gasteiger partial charge in [0.25, 0.3) is 0 Å². The van der Waals surface area contributed by atoms with Gasteiger partial charge in [0, 0.05) is 6.92 Å². The summed E-state index contributed by atoms with van der Waals surface area (Å²) in [6, 6.07) is 8.42. The zero-order chi connectivity index (χ0) is 16.1. The molecule has 0 saturated carbocycles. The van der Waals surface area contributed by atoms with E-state index in [1.54, 1.807) is 0 Å². The van der Waals surface area contributed by atoms with Crippen LogP contribution in [-0.2, 0) is 20.9 Å². The van der Waals surface area contributed by atoms with Gasteiger partial charge in [0.2, 0.25) is 5.91 Å². The molecule has 0 radical (unpaired) electrons. The molecule has 0 aromatic heterocycles. The summed E-state index contributed by atoms with van der Waals surface area (Å²) in [6.45, 7) is 1.05. The summed E-state index contributed by atoms with van der Waals surface area (Å²) >= 11 is 0. The highest BCUT2D eigenvalue weighted by atomic mass is 16.7. The maximum Gasteiger partial charge on any atom is 0.217 e. The predicted molar refractivity (Wildman–Crippen MR) is 76.6 cm³/mol. The molecule has 122 valence electrons. The Hall–Kier alpha value is -1.51. The maximum atomic E-state index is 11.3. The van der Waals surface area contributed by atoms with Crippen molar-refractivity contribution in [3.8, 4) is 0 Å². The quantitative estimate of drug-likeness (QED) is 0.564. The van der Waals surface area contributed by atoms with Crippen LogP contribution in [0.5, 0.6) is 0 Å². The van der Waals surface area contributed by atoms with Crippen LogP contribution in [0.3, 0.4) is 0 Å². The van der Waals surface area contributed by atoms with E-state index in [1.807, 2.05) is 30.3 Å². The van der Waals surface area contributed by atoms with Gasteiger partial charge >= 0.3 is 0 Å². The first-order valence-corrected chi connectivity index (χ1v) is 7.08. The highest BCUT2D eigenvalue weighted by Crippen LogP contribution is 2.23. The fourth-order valence-corrected chi connectivity index (χ4v) is 2.37. The maximum absolute atomic E-state index is 11.3. The average Bonchev–Trinajstić information content (AvgIpc) is 2.52. The molecule has 1 aromatic carbocycles. The molecular weight excluding hydrogens is 290 g/mol. The zero-order valence-corrected chi connectivity index (χ0v) is 12.3. The van der Waals surface area contributed by atoms with Crippen molar-refractivity contribution < 1.29 is 29.6 Å². The van der Waals surface area contributed by atoms with E-state index >= 15 is 0 Å². The predicted octanol–water partition coefficient (Wildman–Crippen LogP) is -0.853. The molecule has 1 aliphatic rings. The number of amides is 1. The van der Waals surface area contributed by atoms with E-state index in [2.05, 4.69) is 5.32 Å². The highest BCUT2D eigenvalue weighted by Gasteiger charge is 2.45. The highest BCUT2D eigenvalue weighted by molar-refractivity contribution is 5.73. The second kappa shape index (κ2) is 7.66. The number of aliphatic hydroxyl groups is 3. The number of benzene rings is 1. The van der Waals surface area contributed by atoms with Crippen LogP contribution >= 0.6 is 0 Å². The van der Waals surface area contributed by atoms with Gasteiger partial charge in [-0.2, -0.15) is 0 Å². The lowest BCUT2D eigenvalue weighted by molar-refractivity contribution is -0.273. The molecule has 0 unspecified atom stereocenters. The Kier molecular flexibility index (Phi) is 5.87. The minimum atomic E-state index is -1.31. The average molecular weight is 311 g/mol. The van der Waals surface area contributed by atoms with Gasteiger partial charge in [-0.3, -0.25) is 4.79 Å². The number of rotatable bonds is 5. The molecule has 1 aromatic rings. The number of hydrogen-bond acceptors (Lipinski definition) is 6. The van der Waals surface area contributed by atoms with Crippen LogP contribution in [0.2, 0.25) is 0 Å². The van der Waals surface area contributed by atoms with Gasteiger partial charge < -0.3 is 30.1 Å². The number of aliphatic hydroxyl groups excluding tert-OH is 3. The Balaban J connectivity index is 2.07. The third-order valence-corrected chi connectivity index (χ3v) is 3.51. The van der Waals surface area contributed by atoms with Crippen molar-refractivity contribution in [2.24, 2.45) is 0 Å². The molecule has 1 saturated heterocycles. The van der Waals surface area contributed by atoms with Crippen LogP contribution in [0.25, 0.3) is 0 Å². The molecule has 1 fully saturated rings. The third kappa shape index (κ3) is 4.02. The molecular formula is C15H21NO6. The van der Waals surface area contributed by atoms with Crippen molar-refractivity contribution in [3.63, 3.8) is 0 Å². The van der Waals surface area contributed by atoms with Gasteiger partial charge in [-0.1, -0.05) is 30.3 Å². The minimum absolute atomic E-state index is 0.211. The molecule has 0 spiro atoms. The molecule has 1 heterocycles. The van der Waals surface area contributed by atoms with Crippen molar-refractivity contribution in [1.82, 2.24) is 5.32 Å². The monoisotopic (exact) mass is 311 g/mol. The Labute approximate surface area is 128 Å². The van der Waals surface area contributed by atoms with Gasteiger partial charge in [0.05, 0.1) is 13.2 Å². The van der Waals surface area contributed by atoms with Crippen LogP contribution in [0, 0.1) is 0 Å². The fourth-order valence-electron chi connectivity index (χ4n) is 2.37. The summed E-state index contributed by atoms with van der Waals surface area (Å²) in [5, 5.41) is 31.7. The van der Waals surface area contributed by atoms with Gasteiger partial charge in [-0.05, 0) is 5.56 Å². The first kappa shape index (κ1) is 16.9. The second-order valence-electron chi connectivity index (χ2n) is 5.23. The van der Waals surface area contributed by atoms with E-state index in [4.69, 9.17) is 9.47 Å². The van der Waals surface area contributed by atoms with Crippen molar-refractivity contribution in [1.29, 1.82) is 0 Å². The molecule has 1 aliphatic heterocycles. The number of carbonyl (C=O) groups is 1. The van der Waals surface area contributed by atoms with Gasteiger partial charge in [0.1, 0.15) is 24.4 Å². The zero-order valence-electron chi connectivity index (χ0n) is 12.3. The molecule has 2 rings (SSSR count). The summed E-state index contributed by atoms with van der Waals surface area (Å²) in [6.07, 6.45) is -4.55. The van der Waals surface area contributed by atoms with E-state index in [0.717, 1.165) is 5.56 Å². The molecule has 7 heteroatoms. The molecule has 1 amide bonds. The number of hydrogen-bond donors (Lipinski definition) is 4. The second-order valence-corrected chi connectivity index (χ2v) is 5.23. The lowest BCUT2D eigenvalue weighted by Gasteiger charge is -2.42. The SMILES string of the molecule is CC(=O)N[C@H]1[C@@H](OCc2ccccc2)O[C@@H](CO)[C@@H](O)[C@H]1O. The normalized spacial score (nSPS) is 31.7. The molecule has 22 heavy (non-hydrogen) atoms. The number of nitrogens with one attached hydrogen (secondary N) is 1. The van der Waals surface area contributed by atoms with E-state index in [-0.39, 0.29) is 12.5 Å². The summed E-state index contributed by atoms with van der Waals surface area (Å²) in [5.74, 6) is -0.379. The van der Waals surface area contributed by atoms with E-state index < -0.39 is 37.3 Å². The molecule has 4 N–H and O–H groups in total. The van der Waals surface area contributed by atoms with Crippen LogP contribution < -0.4 is 5.32 Å². The summed E-state index contributed by atoms with van der Waals surface area (Å²) in [4.78, 5) is 11.3. The first-order chi connectivity index (χ1) is 10.5. The summed E-state index contributed by atoms with van der Waals surface area (Å²) in [5.41, 5.74) is 0.897. The van der Waals surface area contributed by atoms with Gasteiger partial charge in [-0.25, -0.2) is 0 Å². The fraction of sp³-hybridized carbons (Fsp3) is 0.533. The Morgan fingerprint density at radius 2 is 1.95 bits per heavy atom. The van der Waals surface area contributed by atoms with Crippen LogP contribution in [0.4, 0.5) is 0 Å². The topological polar surface area (TPSA) is 108 Å². The lowest BCUT2D eigenvalue weighted by atomic mass is 9.97. The largest absolute Gasteiger partial charge is 0.394 e.